The van der Waals surface area contributed by atoms with E-state index in [0.29, 0.717) is 27.8 Å². The highest BCUT2D eigenvalue weighted by atomic mass is 79.9. The van der Waals surface area contributed by atoms with E-state index in [2.05, 4.69) is 27.0 Å². The Hall–Kier alpha value is -3.21. The number of nitrogens with zero attached hydrogens (tertiary/aromatic N) is 2. The van der Waals surface area contributed by atoms with Gasteiger partial charge in [0.2, 0.25) is 0 Å². The van der Waals surface area contributed by atoms with Gasteiger partial charge in [-0.05, 0) is 41.1 Å². The first-order chi connectivity index (χ1) is 15.0. The van der Waals surface area contributed by atoms with Gasteiger partial charge in [0.25, 0.3) is 0 Å². The normalized spacial score (nSPS) is 11.7. The van der Waals surface area contributed by atoms with E-state index in [4.69, 9.17) is 9.47 Å². The molecule has 154 valence electrons. The molecule has 1 unspecified atom stereocenters. The third kappa shape index (κ3) is 4.05. The molecule has 1 atom stereocenters. The number of thiazole rings is 1. The van der Waals surface area contributed by atoms with Gasteiger partial charge in [-0.25, -0.2) is 4.98 Å². The summed E-state index contributed by atoms with van der Waals surface area (Å²) in [5.41, 5.74) is 1.98. The van der Waals surface area contributed by atoms with Gasteiger partial charge < -0.3 is 9.47 Å². The lowest BCUT2D eigenvalue weighted by Gasteiger charge is -2.09. The zero-order chi connectivity index (χ0) is 22.0. The topological polar surface area (TPSA) is 72.2 Å². The van der Waals surface area contributed by atoms with E-state index in [-0.39, 0.29) is 5.78 Å². The molecule has 0 aliphatic rings. The van der Waals surface area contributed by atoms with Crippen LogP contribution in [0.5, 0.6) is 11.5 Å². The van der Waals surface area contributed by atoms with Gasteiger partial charge in [-0.1, -0.05) is 40.2 Å². The van der Waals surface area contributed by atoms with E-state index in [0.717, 1.165) is 20.8 Å². The summed E-state index contributed by atoms with van der Waals surface area (Å²) in [5, 5.41) is 14.0. The maximum atomic E-state index is 13.1. The monoisotopic (exact) mass is 492 g/mol. The van der Waals surface area contributed by atoms with Gasteiger partial charge >= 0.3 is 0 Å². The summed E-state index contributed by atoms with van der Waals surface area (Å²) in [6.07, 6.45) is 0. The van der Waals surface area contributed by atoms with Crippen LogP contribution >= 0.6 is 27.3 Å². The van der Waals surface area contributed by atoms with Crippen LogP contribution in [-0.2, 0) is 0 Å². The van der Waals surface area contributed by atoms with E-state index in [9.17, 15) is 10.1 Å². The summed E-state index contributed by atoms with van der Waals surface area (Å²) in [5.74, 6) is -0.0272. The smallest absolute Gasteiger partial charge is 0.186 e. The van der Waals surface area contributed by atoms with Gasteiger partial charge in [-0.2, -0.15) is 5.26 Å². The molecule has 1 aromatic heterocycles. The Morgan fingerprint density at radius 2 is 1.90 bits per heavy atom. The lowest BCUT2D eigenvalue weighted by atomic mass is 9.97. The Morgan fingerprint density at radius 1 is 1.10 bits per heavy atom. The van der Waals surface area contributed by atoms with Crippen LogP contribution in [-0.4, -0.2) is 25.0 Å². The van der Waals surface area contributed by atoms with Gasteiger partial charge in [-0.3, -0.25) is 4.79 Å². The Bertz CT molecular complexity index is 1330. The van der Waals surface area contributed by atoms with Crippen molar-refractivity contribution < 1.29 is 14.3 Å². The van der Waals surface area contributed by atoms with E-state index < -0.39 is 5.92 Å². The van der Waals surface area contributed by atoms with Gasteiger partial charge in [-0.15, -0.1) is 11.3 Å². The number of aromatic nitrogens is 1. The quantitative estimate of drug-likeness (QED) is 0.298. The Labute approximate surface area is 192 Å². The van der Waals surface area contributed by atoms with Crippen molar-refractivity contribution in [2.45, 2.75) is 5.92 Å². The van der Waals surface area contributed by atoms with Crippen molar-refractivity contribution in [3.8, 4) is 28.8 Å². The predicted octanol–water partition coefficient (Wildman–Crippen LogP) is 6.23. The van der Waals surface area contributed by atoms with Crippen molar-refractivity contribution >= 4 is 43.8 Å². The number of benzene rings is 3. The minimum absolute atomic E-state index is 0.266. The molecule has 3 aromatic carbocycles. The van der Waals surface area contributed by atoms with Gasteiger partial charge in [0.15, 0.2) is 23.2 Å². The van der Waals surface area contributed by atoms with Crippen LogP contribution in [0.3, 0.4) is 0 Å². The van der Waals surface area contributed by atoms with Crippen LogP contribution in [0.15, 0.2) is 64.5 Å². The van der Waals surface area contributed by atoms with Crippen molar-refractivity contribution in [3.05, 3.63) is 75.0 Å². The zero-order valence-corrected chi connectivity index (χ0v) is 19.2. The number of carbonyl (C=O) groups is 1. The first-order valence-corrected chi connectivity index (χ1v) is 11.0. The molecule has 0 fully saturated rings. The number of halogens is 1. The number of nitriles is 1. The Morgan fingerprint density at radius 3 is 2.65 bits per heavy atom. The maximum absolute atomic E-state index is 13.1. The standard InChI is InChI=1S/C24H17BrN2O3S/c1-29-21-9-7-15(11-22(21)30-2)20-13-31-24(27-20)18(12-26)23(28)16-6-8-17-14(10-16)4-3-5-19(17)25/h3-11,13,18H,1-2H3. The molecule has 0 saturated heterocycles. The minimum atomic E-state index is -0.969. The number of fused-ring (bicyclic) bond motifs is 1. The minimum Gasteiger partial charge on any atom is -0.493 e. The van der Waals surface area contributed by atoms with Gasteiger partial charge in [0.05, 0.1) is 26.0 Å². The molecule has 0 N–H and O–H groups in total. The average Bonchev–Trinajstić information content (AvgIpc) is 3.28. The number of methoxy groups -OCH3 is 2. The largest absolute Gasteiger partial charge is 0.493 e. The highest BCUT2D eigenvalue weighted by molar-refractivity contribution is 9.10. The summed E-state index contributed by atoms with van der Waals surface area (Å²) in [4.78, 5) is 17.7. The lowest BCUT2D eigenvalue weighted by Crippen LogP contribution is -2.11. The summed E-state index contributed by atoms with van der Waals surface area (Å²) >= 11 is 4.82. The fourth-order valence-electron chi connectivity index (χ4n) is 3.34. The molecule has 0 bridgehead atoms. The summed E-state index contributed by atoms with van der Waals surface area (Å²) in [6.45, 7) is 0. The number of hydrogen-bond acceptors (Lipinski definition) is 6. The molecule has 0 aliphatic carbocycles. The molecular formula is C24H17BrN2O3S. The Kier molecular flexibility index (Phi) is 6.03. The third-order valence-corrected chi connectivity index (χ3v) is 6.55. The van der Waals surface area contributed by atoms with Crippen LogP contribution in [0.4, 0.5) is 0 Å². The average molecular weight is 493 g/mol. The highest BCUT2D eigenvalue weighted by Crippen LogP contribution is 2.34. The molecule has 0 spiro atoms. The lowest BCUT2D eigenvalue weighted by molar-refractivity contribution is 0.0979. The molecule has 4 aromatic rings. The first-order valence-electron chi connectivity index (χ1n) is 9.35. The SMILES string of the molecule is COc1ccc(-c2csc(C(C#N)C(=O)c3ccc4c(Br)cccc4c3)n2)cc1OC. The molecule has 0 saturated carbocycles. The zero-order valence-electron chi connectivity index (χ0n) is 16.8. The molecule has 4 rings (SSSR count). The third-order valence-electron chi connectivity index (χ3n) is 4.95. The van der Waals surface area contributed by atoms with Crippen molar-refractivity contribution in [3.63, 3.8) is 0 Å². The number of Topliss-reactive ketones (excluding diaryl/α,β-unsaturated/α-hetero) is 1. The van der Waals surface area contributed by atoms with E-state index in [1.165, 1.54) is 11.3 Å². The van der Waals surface area contributed by atoms with Gasteiger partial charge in [0.1, 0.15) is 5.01 Å². The van der Waals surface area contributed by atoms with Crippen LogP contribution in [0.25, 0.3) is 22.0 Å². The molecule has 31 heavy (non-hydrogen) atoms. The molecule has 0 amide bonds. The van der Waals surface area contributed by atoms with Crippen molar-refractivity contribution in [2.24, 2.45) is 0 Å². The molecule has 7 heteroatoms. The predicted molar refractivity (Wildman–Crippen MR) is 125 cm³/mol. The number of hydrogen-bond donors (Lipinski definition) is 0. The number of rotatable bonds is 6. The first kappa shape index (κ1) is 21.0. The van der Waals surface area contributed by atoms with E-state index >= 15 is 0 Å². The van der Waals surface area contributed by atoms with Crippen molar-refractivity contribution in [1.29, 1.82) is 5.26 Å². The second kappa shape index (κ2) is 8.88. The van der Waals surface area contributed by atoms with Crippen molar-refractivity contribution in [2.75, 3.05) is 14.2 Å². The van der Waals surface area contributed by atoms with Crippen LogP contribution in [0.1, 0.15) is 21.3 Å². The molecular weight excluding hydrogens is 476 g/mol. The molecule has 5 nitrogen and oxygen atoms in total. The summed E-state index contributed by atoms with van der Waals surface area (Å²) in [7, 11) is 3.15. The second-order valence-corrected chi connectivity index (χ2v) is 8.49. The van der Waals surface area contributed by atoms with Crippen LogP contribution in [0, 0.1) is 11.3 Å². The molecule has 0 aliphatic heterocycles. The number of ketones is 1. The highest BCUT2D eigenvalue weighted by Gasteiger charge is 2.25. The van der Waals surface area contributed by atoms with E-state index in [1.807, 2.05) is 47.8 Å². The van der Waals surface area contributed by atoms with Gasteiger partial charge in [0, 0.05) is 21.0 Å². The maximum Gasteiger partial charge on any atom is 0.186 e. The fourth-order valence-corrected chi connectivity index (χ4v) is 4.72. The van der Waals surface area contributed by atoms with Crippen molar-refractivity contribution in [1.82, 2.24) is 4.98 Å². The number of carbonyl (C=O) groups excluding carboxylic acids is 1. The summed E-state index contributed by atoms with van der Waals surface area (Å²) < 4.78 is 11.6. The molecule has 0 radical (unpaired) electrons. The fraction of sp³-hybridized carbons (Fsp3) is 0.125. The molecule has 1 heterocycles. The van der Waals surface area contributed by atoms with E-state index in [1.54, 1.807) is 26.4 Å². The Balaban J connectivity index is 1.66. The van der Waals surface area contributed by atoms with Crippen LogP contribution in [0.2, 0.25) is 0 Å². The van der Waals surface area contributed by atoms with Crippen LogP contribution < -0.4 is 9.47 Å². The summed E-state index contributed by atoms with van der Waals surface area (Å²) in [6, 6.07) is 18.9. The second-order valence-electron chi connectivity index (χ2n) is 6.74. The number of ether oxygens (including phenoxy) is 2.